The lowest BCUT2D eigenvalue weighted by atomic mass is 10.2. The number of nitrogens with zero attached hydrogens (tertiary/aromatic N) is 4. The maximum absolute atomic E-state index is 6.05. The number of rotatable bonds is 4. The van der Waals surface area contributed by atoms with Crippen LogP contribution in [0.25, 0.3) is 0 Å². The van der Waals surface area contributed by atoms with E-state index in [1.165, 1.54) is 17.2 Å². The molecule has 1 fully saturated rings. The van der Waals surface area contributed by atoms with Crippen molar-refractivity contribution in [2.75, 3.05) is 36.5 Å². The lowest BCUT2D eigenvalue weighted by Gasteiger charge is -2.35. The minimum atomic E-state index is 0.777. The van der Waals surface area contributed by atoms with Crippen LogP contribution in [0.15, 0.2) is 24.3 Å². The molecular formula is C13H17ClN6S. The van der Waals surface area contributed by atoms with Gasteiger partial charge in [0, 0.05) is 55.0 Å². The molecule has 1 saturated heterocycles. The molecule has 1 aromatic heterocycles. The van der Waals surface area contributed by atoms with Gasteiger partial charge >= 0.3 is 0 Å². The Morgan fingerprint density at radius 3 is 2.81 bits per heavy atom. The maximum Gasteiger partial charge on any atom is 0.148 e. The summed E-state index contributed by atoms with van der Waals surface area (Å²) in [6, 6.07) is 8.00. The van der Waals surface area contributed by atoms with Gasteiger partial charge in [0.2, 0.25) is 0 Å². The van der Waals surface area contributed by atoms with Crippen molar-refractivity contribution in [1.82, 2.24) is 14.5 Å². The predicted octanol–water partition coefficient (Wildman–Crippen LogP) is 1.80. The summed E-state index contributed by atoms with van der Waals surface area (Å²) in [5, 5.41) is 5.74. The van der Waals surface area contributed by atoms with E-state index in [0.29, 0.717) is 0 Å². The summed E-state index contributed by atoms with van der Waals surface area (Å²) in [7, 11) is 0. The quantitative estimate of drug-likeness (QED) is 0.660. The Morgan fingerprint density at radius 2 is 2.10 bits per heavy atom. The van der Waals surface area contributed by atoms with E-state index in [1.807, 2.05) is 18.2 Å². The molecule has 1 aromatic carbocycles. The Bertz CT molecular complexity index is 596. The van der Waals surface area contributed by atoms with E-state index in [4.69, 9.17) is 17.4 Å². The molecule has 2 aromatic rings. The standard InChI is InChI=1S/C13H17ClN6S/c14-10-2-1-3-11(8-10)20-6-4-19(5-7-20)9-12-13(16-15)21-18-17-12/h1-3,8,16H,4-7,9,15H2. The molecular weight excluding hydrogens is 308 g/mol. The number of piperazine rings is 1. The molecule has 1 aliphatic heterocycles. The number of hydrazine groups is 1. The highest BCUT2D eigenvalue weighted by molar-refractivity contribution is 7.10. The SMILES string of the molecule is NNc1snnc1CN1CCN(c2cccc(Cl)c2)CC1. The molecule has 21 heavy (non-hydrogen) atoms. The second-order valence-corrected chi connectivity index (χ2v) is 6.13. The van der Waals surface area contributed by atoms with Crippen LogP contribution in [-0.2, 0) is 6.54 Å². The number of nitrogen functional groups attached to an aromatic ring is 1. The summed E-state index contributed by atoms with van der Waals surface area (Å²) >= 11 is 7.34. The van der Waals surface area contributed by atoms with Gasteiger partial charge in [0.15, 0.2) is 0 Å². The van der Waals surface area contributed by atoms with Crippen molar-refractivity contribution >= 4 is 33.8 Å². The number of halogens is 1. The Balaban J connectivity index is 1.58. The topological polar surface area (TPSA) is 70.3 Å². The Labute approximate surface area is 132 Å². The van der Waals surface area contributed by atoms with E-state index in [1.54, 1.807) is 0 Å². The van der Waals surface area contributed by atoms with Crippen LogP contribution < -0.4 is 16.2 Å². The smallest absolute Gasteiger partial charge is 0.148 e. The molecule has 0 spiro atoms. The van der Waals surface area contributed by atoms with E-state index < -0.39 is 0 Å². The van der Waals surface area contributed by atoms with Crippen molar-refractivity contribution in [3.8, 4) is 0 Å². The van der Waals surface area contributed by atoms with Crippen LogP contribution in [-0.4, -0.2) is 40.7 Å². The predicted molar refractivity (Wildman–Crippen MR) is 86.7 cm³/mol. The van der Waals surface area contributed by atoms with Gasteiger partial charge in [-0.2, -0.15) is 0 Å². The van der Waals surface area contributed by atoms with Crippen LogP contribution in [0.1, 0.15) is 5.69 Å². The van der Waals surface area contributed by atoms with E-state index in [2.05, 4.69) is 30.9 Å². The lowest BCUT2D eigenvalue weighted by Crippen LogP contribution is -2.46. The zero-order chi connectivity index (χ0) is 14.7. The fraction of sp³-hybridized carbons (Fsp3) is 0.385. The van der Waals surface area contributed by atoms with Crippen molar-refractivity contribution < 1.29 is 0 Å². The Kier molecular flexibility index (Phi) is 4.54. The van der Waals surface area contributed by atoms with Crippen molar-refractivity contribution in [2.24, 2.45) is 5.84 Å². The van der Waals surface area contributed by atoms with Gasteiger partial charge in [0.05, 0.1) is 0 Å². The molecule has 2 heterocycles. The number of benzene rings is 1. The van der Waals surface area contributed by atoms with Gasteiger partial charge < -0.3 is 10.3 Å². The summed E-state index contributed by atoms with van der Waals surface area (Å²) in [6.45, 7) is 4.69. The van der Waals surface area contributed by atoms with Gasteiger partial charge in [-0.25, -0.2) is 5.84 Å². The monoisotopic (exact) mass is 324 g/mol. The third-order valence-electron chi connectivity index (χ3n) is 3.61. The molecule has 0 bridgehead atoms. The van der Waals surface area contributed by atoms with Crippen molar-refractivity contribution in [2.45, 2.75) is 6.54 Å². The highest BCUT2D eigenvalue weighted by atomic mass is 35.5. The van der Waals surface area contributed by atoms with Crippen molar-refractivity contribution in [3.05, 3.63) is 35.0 Å². The van der Waals surface area contributed by atoms with Crippen LogP contribution >= 0.6 is 23.1 Å². The molecule has 8 heteroatoms. The molecule has 112 valence electrons. The summed E-state index contributed by atoms with van der Waals surface area (Å²) in [5.74, 6) is 5.45. The molecule has 0 amide bonds. The van der Waals surface area contributed by atoms with Crippen LogP contribution in [0, 0.1) is 0 Å². The number of hydrogen-bond acceptors (Lipinski definition) is 7. The van der Waals surface area contributed by atoms with E-state index in [-0.39, 0.29) is 0 Å². The normalized spacial score (nSPS) is 16.2. The molecule has 0 atom stereocenters. The minimum absolute atomic E-state index is 0.777. The molecule has 3 N–H and O–H groups in total. The maximum atomic E-state index is 6.05. The van der Waals surface area contributed by atoms with E-state index >= 15 is 0 Å². The zero-order valence-corrected chi connectivity index (χ0v) is 13.1. The summed E-state index contributed by atoms with van der Waals surface area (Å²) in [6.07, 6.45) is 0. The van der Waals surface area contributed by atoms with Gasteiger partial charge in [-0.1, -0.05) is 22.2 Å². The number of nitrogens with one attached hydrogen (secondary N) is 1. The first-order chi connectivity index (χ1) is 10.3. The number of nitrogens with two attached hydrogens (primary N) is 1. The zero-order valence-electron chi connectivity index (χ0n) is 11.5. The van der Waals surface area contributed by atoms with Gasteiger partial charge in [-0.3, -0.25) is 4.90 Å². The average Bonchev–Trinajstić information content (AvgIpc) is 2.95. The number of anilines is 2. The summed E-state index contributed by atoms with van der Waals surface area (Å²) in [5.41, 5.74) is 4.75. The first-order valence-corrected chi connectivity index (χ1v) is 7.92. The van der Waals surface area contributed by atoms with E-state index in [9.17, 15) is 0 Å². The molecule has 0 saturated carbocycles. The minimum Gasteiger partial charge on any atom is -0.369 e. The summed E-state index contributed by atoms with van der Waals surface area (Å²) < 4.78 is 3.93. The third-order valence-corrected chi connectivity index (χ3v) is 4.54. The molecule has 0 radical (unpaired) electrons. The molecule has 0 aliphatic carbocycles. The Hall–Kier alpha value is -1.41. The second kappa shape index (κ2) is 6.57. The van der Waals surface area contributed by atoms with Crippen LogP contribution in [0.3, 0.4) is 0 Å². The number of hydrogen-bond donors (Lipinski definition) is 2. The van der Waals surface area contributed by atoms with Gasteiger partial charge in [-0.05, 0) is 18.2 Å². The summed E-state index contributed by atoms with van der Waals surface area (Å²) in [4.78, 5) is 4.71. The van der Waals surface area contributed by atoms with Crippen LogP contribution in [0.2, 0.25) is 5.02 Å². The molecule has 3 rings (SSSR count). The second-order valence-electron chi connectivity index (χ2n) is 4.94. The number of aromatic nitrogens is 2. The lowest BCUT2D eigenvalue weighted by molar-refractivity contribution is 0.247. The fourth-order valence-corrected chi connectivity index (χ4v) is 3.14. The first-order valence-electron chi connectivity index (χ1n) is 6.77. The van der Waals surface area contributed by atoms with Crippen molar-refractivity contribution in [1.29, 1.82) is 0 Å². The highest BCUT2D eigenvalue weighted by Gasteiger charge is 2.19. The van der Waals surface area contributed by atoms with Gasteiger partial charge in [0.1, 0.15) is 10.7 Å². The van der Waals surface area contributed by atoms with Gasteiger partial charge in [0.25, 0.3) is 0 Å². The van der Waals surface area contributed by atoms with Crippen LogP contribution in [0.4, 0.5) is 10.7 Å². The average molecular weight is 325 g/mol. The first kappa shape index (κ1) is 14.5. The molecule has 6 nitrogen and oxygen atoms in total. The third kappa shape index (κ3) is 3.44. The molecule has 1 aliphatic rings. The fourth-order valence-electron chi connectivity index (χ4n) is 2.47. The largest absolute Gasteiger partial charge is 0.369 e. The van der Waals surface area contributed by atoms with Crippen LogP contribution in [0.5, 0.6) is 0 Å². The highest BCUT2D eigenvalue weighted by Crippen LogP contribution is 2.22. The van der Waals surface area contributed by atoms with Crippen molar-refractivity contribution in [3.63, 3.8) is 0 Å². The Morgan fingerprint density at radius 1 is 1.29 bits per heavy atom. The van der Waals surface area contributed by atoms with E-state index in [0.717, 1.165) is 48.4 Å². The van der Waals surface area contributed by atoms with Gasteiger partial charge in [-0.15, -0.1) is 5.10 Å². The molecule has 0 unspecified atom stereocenters.